The van der Waals surface area contributed by atoms with Crippen LogP contribution in [0.5, 0.6) is 11.5 Å². The number of benzene rings is 1. The summed E-state index contributed by atoms with van der Waals surface area (Å²) in [4.78, 5) is 0. The second-order valence-electron chi connectivity index (χ2n) is 4.83. The lowest BCUT2D eigenvalue weighted by Gasteiger charge is -2.20. The number of hydrogen-bond donors (Lipinski definition) is 1. The molecule has 0 bridgehead atoms. The summed E-state index contributed by atoms with van der Waals surface area (Å²) in [6.07, 6.45) is 1.48. The quantitative estimate of drug-likeness (QED) is 0.931. The van der Waals surface area contributed by atoms with Crippen molar-refractivity contribution in [2.45, 2.75) is 19.5 Å². The fraction of sp³-hybridized carbons (Fsp3) is 0.357. The smallest absolute Gasteiger partial charge is 0.230 e. The molecule has 2 N–H and O–H groups in total. The van der Waals surface area contributed by atoms with Gasteiger partial charge in [0.2, 0.25) is 5.88 Å². The van der Waals surface area contributed by atoms with Gasteiger partial charge in [-0.2, -0.15) is 0 Å². The summed E-state index contributed by atoms with van der Waals surface area (Å²) in [6.45, 7) is 2.91. The molecule has 0 aliphatic carbocycles. The Kier molecular flexibility index (Phi) is 3.57. The number of methoxy groups -OCH3 is 2. The first-order valence-corrected chi connectivity index (χ1v) is 6.04. The van der Waals surface area contributed by atoms with Crippen molar-refractivity contribution in [1.82, 2.24) is 5.16 Å². The lowest BCUT2D eigenvalue weighted by molar-refractivity contribution is 0.212. The van der Waals surface area contributed by atoms with Gasteiger partial charge in [-0.3, -0.25) is 0 Å². The van der Waals surface area contributed by atoms with Gasteiger partial charge in [0.05, 0.1) is 26.0 Å². The molecule has 0 aliphatic heterocycles. The van der Waals surface area contributed by atoms with Crippen molar-refractivity contribution in [1.29, 1.82) is 0 Å². The Bertz CT molecular complexity index is 617. The molecule has 5 nitrogen and oxygen atoms in total. The van der Waals surface area contributed by atoms with Gasteiger partial charge in [-0.15, -0.1) is 0 Å². The highest BCUT2D eigenvalue weighted by Crippen LogP contribution is 2.42. The zero-order chi connectivity index (χ0) is 14.9. The Morgan fingerprint density at radius 2 is 1.80 bits per heavy atom. The highest BCUT2D eigenvalue weighted by molar-refractivity contribution is 5.79. The van der Waals surface area contributed by atoms with Crippen LogP contribution in [-0.4, -0.2) is 19.4 Å². The summed E-state index contributed by atoms with van der Waals surface area (Å²) < 4.78 is 29.7. The molecule has 0 saturated heterocycles. The van der Waals surface area contributed by atoms with Crippen molar-refractivity contribution in [3.63, 3.8) is 0 Å². The van der Waals surface area contributed by atoms with Crippen molar-refractivity contribution in [3.05, 3.63) is 23.9 Å². The molecule has 1 aromatic carbocycles. The zero-order valence-electron chi connectivity index (χ0n) is 11.9. The van der Waals surface area contributed by atoms with Crippen LogP contribution in [0.25, 0.3) is 11.1 Å². The second-order valence-corrected chi connectivity index (χ2v) is 4.83. The predicted molar refractivity (Wildman–Crippen MR) is 73.6 cm³/mol. The van der Waals surface area contributed by atoms with E-state index in [4.69, 9.17) is 19.7 Å². The van der Waals surface area contributed by atoms with Crippen LogP contribution in [0.15, 0.2) is 22.9 Å². The summed E-state index contributed by atoms with van der Waals surface area (Å²) in [5.41, 5.74) is 5.76. The molecule has 2 aromatic rings. The van der Waals surface area contributed by atoms with E-state index in [0.717, 1.165) is 0 Å². The average molecular weight is 280 g/mol. The molecule has 0 atom stereocenters. The standard InChI is InChI=1S/C14H17FN2O3/c1-14(2,15)10-6-11(18-3)8(5-12(10)19-4)9-7-17-20-13(9)16/h5-7H,16H2,1-4H3. The molecule has 2 rings (SSSR count). The minimum absolute atomic E-state index is 0.164. The number of nitrogen functional groups attached to an aromatic ring is 1. The minimum Gasteiger partial charge on any atom is -0.496 e. The summed E-state index contributed by atoms with van der Waals surface area (Å²) in [6, 6.07) is 3.26. The van der Waals surface area contributed by atoms with Crippen LogP contribution in [0.1, 0.15) is 19.4 Å². The third-order valence-electron chi connectivity index (χ3n) is 3.05. The largest absolute Gasteiger partial charge is 0.496 e. The molecule has 1 heterocycles. The van der Waals surface area contributed by atoms with Crippen LogP contribution in [0.2, 0.25) is 0 Å². The predicted octanol–water partition coefficient (Wildman–Crippen LogP) is 3.15. The fourth-order valence-corrected chi connectivity index (χ4v) is 2.02. The van der Waals surface area contributed by atoms with E-state index in [1.807, 2.05) is 0 Å². The van der Waals surface area contributed by atoms with E-state index >= 15 is 0 Å². The molecule has 0 radical (unpaired) electrons. The first-order chi connectivity index (χ1) is 9.38. The first-order valence-electron chi connectivity index (χ1n) is 6.04. The number of alkyl halides is 1. The Morgan fingerprint density at radius 3 is 2.25 bits per heavy atom. The van der Waals surface area contributed by atoms with Crippen LogP contribution in [0.4, 0.5) is 10.3 Å². The summed E-state index contributed by atoms with van der Waals surface area (Å²) >= 11 is 0. The van der Waals surface area contributed by atoms with Gasteiger partial charge in [0, 0.05) is 11.1 Å². The van der Waals surface area contributed by atoms with Crippen molar-refractivity contribution >= 4 is 5.88 Å². The Morgan fingerprint density at radius 1 is 1.15 bits per heavy atom. The lowest BCUT2D eigenvalue weighted by Crippen LogP contribution is -2.11. The fourth-order valence-electron chi connectivity index (χ4n) is 2.02. The van der Waals surface area contributed by atoms with E-state index in [0.29, 0.717) is 28.2 Å². The number of nitrogens with two attached hydrogens (primary N) is 1. The molecule has 0 unspecified atom stereocenters. The number of anilines is 1. The molecule has 0 fully saturated rings. The molecule has 20 heavy (non-hydrogen) atoms. The van der Waals surface area contributed by atoms with Gasteiger partial charge in [0.15, 0.2) is 0 Å². The van der Waals surface area contributed by atoms with Crippen molar-refractivity contribution in [2.24, 2.45) is 0 Å². The third-order valence-corrected chi connectivity index (χ3v) is 3.05. The zero-order valence-corrected chi connectivity index (χ0v) is 11.9. The van der Waals surface area contributed by atoms with E-state index in [-0.39, 0.29) is 5.88 Å². The number of halogens is 1. The topological polar surface area (TPSA) is 70.5 Å². The summed E-state index contributed by atoms with van der Waals surface area (Å²) in [5.74, 6) is 1.05. The van der Waals surface area contributed by atoms with Gasteiger partial charge in [0.1, 0.15) is 17.2 Å². The summed E-state index contributed by atoms with van der Waals surface area (Å²) in [5, 5.41) is 3.63. The van der Waals surface area contributed by atoms with Gasteiger partial charge in [0.25, 0.3) is 0 Å². The van der Waals surface area contributed by atoms with E-state index in [1.54, 1.807) is 12.1 Å². The Hall–Kier alpha value is -2.24. The van der Waals surface area contributed by atoms with Crippen LogP contribution in [0, 0.1) is 0 Å². The number of nitrogens with zero attached hydrogens (tertiary/aromatic N) is 1. The molecule has 0 spiro atoms. The third kappa shape index (κ3) is 2.41. The van der Waals surface area contributed by atoms with Crippen molar-refractivity contribution < 1.29 is 18.4 Å². The Balaban J connectivity index is 2.68. The molecule has 0 saturated carbocycles. The van der Waals surface area contributed by atoms with Crippen LogP contribution < -0.4 is 15.2 Å². The van der Waals surface area contributed by atoms with Crippen molar-refractivity contribution in [3.8, 4) is 22.6 Å². The maximum Gasteiger partial charge on any atom is 0.230 e. The highest BCUT2D eigenvalue weighted by atomic mass is 19.1. The maximum absolute atomic E-state index is 14.2. The number of ether oxygens (including phenoxy) is 2. The highest BCUT2D eigenvalue weighted by Gasteiger charge is 2.26. The molecule has 1 aromatic heterocycles. The van der Waals surface area contributed by atoms with E-state index in [1.165, 1.54) is 34.3 Å². The van der Waals surface area contributed by atoms with Gasteiger partial charge in [-0.25, -0.2) is 4.39 Å². The number of aromatic nitrogens is 1. The average Bonchev–Trinajstić information content (AvgIpc) is 2.82. The Labute approximate surface area is 116 Å². The molecule has 6 heteroatoms. The van der Waals surface area contributed by atoms with Crippen molar-refractivity contribution in [2.75, 3.05) is 20.0 Å². The molecule has 0 aliphatic rings. The monoisotopic (exact) mass is 280 g/mol. The number of rotatable bonds is 4. The molecule has 108 valence electrons. The first kappa shape index (κ1) is 14.2. The van der Waals surface area contributed by atoms with Crippen LogP contribution in [-0.2, 0) is 5.67 Å². The molecule has 0 amide bonds. The normalized spacial score (nSPS) is 11.4. The van der Waals surface area contributed by atoms with Gasteiger partial charge in [-0.1, -0.05) is 5.16 Å². The SMILES string of the molecule is COc1cc(C(C)(C)F)c(OC)cc1-c1cnoc1N. The summed E-state index contributed by atoms with van der Waals surface area (Å²) in [7, 11) is 2.99. The van der Waals surface area contributed by atoms with Crippen LogP contribution in [0.3, 0.4) is 0 Å². The molecular formula is C14H17FN2O3. The van der Waals surface area contributed by atoms with E-state index < -0.39 is 5.67 Å². The minimum atomic E-state index is -1.56. The second kappa shape index (κ2) is 5.03. The maximum atomic E-state index is 14.2. The van der Waals surface area contributed by atoms with Gasteiger partial charge in [-0.05, 0) is 26.0 Å². The lowest BCUT2D eigenvalue weighted by atomic mass is 9.95. The molecular weight excluding hydrogens is 263 g/mol. The van der Waals surface area contributed by atoms with E-state index in [9.17, 15) is 4.39 Å². The number of hydrogen-bond acceptors (Lipinski definition) is 5. The van der Waals surface area contributed by atoms with E-state index in [2.05, 4.69) is 5.16 Å². The van der Waals surface area contributed by atoms with Gasteiger partial charge < -0.3 is 19.7 Å². The van der Waals surface area contributed by atoms with Crippen LogP contribution >= 0.6 is 0 Å². The van der Waals surface area contributed by atoms with Gasteiger partial charge >= 0.3 is 0 Å².